The Balaban J connectivity index is 1.63. The van der Waals surface area contributed by atoms with Crippen LogP contribution in [0.3, 0.4) is 0 Å². The molecule has 6 heteroatoms. The maximum Gasteiger partial charge on any atom is 0.254 e. The summed E-state index contributed by atoms with van der Waals surface area (Å²) in [5, 5.41) is 7.88. The van der Waals surface area contributed by atoms with Gasteiger partial charge in [-0.15, -0.1) is 0 Å². The molecule has 1 aliphatic carbocycles. The van der Waals surface area contributed by atoms with Crippen molar-refractivity contribution in [2.75, 3.05) is 19.0 Å². The van der Waals surface area contributed by atoms with Gasteiger partial charge in [-0.3, -0.25) is 0 Å². The molecule has 130 valence electrons. The van der Waals surface area contributed by atoms with E-state index >= 15 is 0 Å². The van der Waals surface area contributed by atoms with Crippen LogP contribution < -0.4 is 5.32 Å². The molecule has 0 aliphatic heterocycles. The highest BCUT2D eigenvalue weighted by Gasteiger charge is 2.31. The fourth-order valence-electron chi connectivity index (χ4n) is 3.81. The van der Waals surface area contributed by atoms with Gasteiger partial charge in [0.05, 0.1) is 12.3 Å². The van der Waals surface area contributed by atoms with Crippen molar-refractivity contribution in [3.8, 4) is 0 Å². The Morgan fingerprint density at radius 1 is 1.32 bits per heavy atom. The van der Waals surface area contributed by atoms with Crippen molar-refractivity contribution in [3.63, 3.8) is 0 Å². The van der Waals surface area contributed by atoms with Crippen LogP contribution in [0.1, 0.15) is 36.6 Å². The average molecular weight is 337 g/mol. The Hall–Kier alpha value is -2.47. The van der Waals surface area contributed by atoms with E-state index < -0.39 is 0 Å². The van der Waals surface area contributed by atoms with Gasteiger partial charge >= 0.3 is 0 Å². The van der Waals surface area contributed by atoms with Gasteiger partial charge in [0.15, 0.2) is 0 Å². The zero-order valence-corrected chi connectivity index (χ0v) is 14.7. The Bertz CT molecular complexity index is 890. The maximum absolute atomic E-state index is 5.22. The van der Waals surface area contributed by atoms with Gasteiger partial charge in [0.25, 0.3) is 5.78 Å². The Morgan fingerprint density at radius 2 is 2.20 bits per heavy atom. The van der Waals surface area contributed by atoms with Crippen molar-refractivity contribution in [2.24, 2.45) is 0 Å². The van der Waals surface area contributed by atoms with Crippen LogP contribution in [-0.4, -0.2) is 33.2 Å². The van der Waals surface area contributed by atoms with Crippen LogP contribution >= 0.6 is 0 Å². The van der Waals surface area contributed by atoms with E-state index in [1.165, 1.54) is 36.7 Å². The molecule has 0 saturated carbocycles. The Labute approximate surface area is 147 Å². The van der Waals surface area contributed by atoms with Gasteiger partial charge in [-0.1, -0.05) is 31.2 Å². The number of methoxy groups -OCH3 is 1. The van der Waals surface area contributed by atoms with Gasteiger partial charge < -0.3 is 10.1 Å². The van der Waals surface area contributed by atoms with Crippen LogP contribution in [0.15, 0.2) is 36.7 Å². The number of aryl methyl sites for hydroxylation is 1. The normalized spacial score (nSPS) is 19.8. The van der Waals surface area contributed by atoms with E-state index in [1.807, 2.05) is 6.07 Å². The number of nitrogens with one attached hydrogen (secondary N) is 1. The number of hydrogen-bond acceptors (Lipinski definition) is 5. The zero-order valence-electron chi connectivity index (χ0n) is 14.7. The molecule has 1 atom stereocenters. The van der Waals surface area contributed by atoms with Gasteiger partial charge in [0, 0.05) is 25.1 Å². The molecule has 3 aromatic rings. The largest absolute Gasteiger partial charge is 0.378 e. The maximum atomic E-state index is 5.22. The first-order valence-electron chi connectivity index (χ1n) is 8.70. The van der Waals surface area contributed by atoms with Crippen molar-refractivity contribution in [1.29, 1.82) is 0 Å². The number of hydrogen-bond donors (Lipinski definition) is 1. The molecule has 4 rings (SSSR count). The quantitative estimate of drug-likeness (QED) is 0.775. The first-order valence-corrected chi connectivity index (χ1v) is 8.70. The third kappa shape index (κ3) is 2.98. The summed E-state index contributed by atoms with van der Waals surface area (Å²) in [4.78, 5) is 8.67. The van der Waals surface area contributed by atoms with E-state index in [0.717, 1.165) is 18.1 Å². The summed E-state index contributed by atoms with van der Waals surface area (Å²) in [5.41, 5.74) is 3.88. The molecule has 2 heterocycles. The lowest BCUT2D eigenvalue weighted by atomic mass is 9.71. The lowest BCUT2D eigenvalue weighted by molar-refractivity contribution is 0.181. The third-order valence-corrected chi connectivity index (χ3v) is 5.10. The second-order valence-electron chi connectivity index (χ2n) is 6.96. The molecule has 0 amide bonds. The number of aromatic nitrogens is 4. The van der Waals surface area contributed by atoms with E-state index in [1.54, 1.807) is 11.6 Å². The standard InChI is InChI=1S/C19H23N5O/c1-19(9-5-7-14-6-3-4-8-16(14)19)12-20-17-10-15(11-25-2)23-18-21-13-22-24(17)18/h3-4,6,8,10,13,20H,5,7,9,11-12H2,1-2H3. The average Bonchev–Trinajstić information content (AvgIpc) is 3.09. The lowest BCUT2D eigenvalue weighted by Gasteiger charge is -2.36. The molecule has 1 N–H and O–H groups in total. The van der Waals surface area contributed by atoms with E-state index in [4.69, 9.17) is 4.74 Å². The summed E-state index contributed by atoms with van der Waals surface area (Å²) in [6.07, 6.45) is 5.10. The molecule has 0 radical (unpaired) electrons. The highest BCUT2D eigenvalue weighted by Crippen LogP contribution is 2.37. The van der Waals surface area contributed by atoms with Crippen LogP contribution in [0.25, 0.3) is 5.78 Å². The third-order valence-electron chi connectivity index (χ3n) is 5.10. The summed E-state index contributed by atoms with van der Waals surface area (Å²) in [5.74, 6) is 1.49. The molecule has 0 saturated heterocycles. The zero-order chi connectivity index (χ0) is 17.3. The Morgan fingerprint density at radius 3 is 3.08 bits per heavy atom. The summed E-state index contributed by atoms with van der Waals surface area (Å²) in [7, 11) is 1.67. The highest BCUT2D eigenvalue weighted by atomic mass is 16.5. The van der Waals surface area contributed by atoms with Gasteiger partial charge in [0.1, 0.15) is 12.1 Å². The fraction of sp³-hybridized carbons (Fsp3) is 0.421. The summed E-state index contributed by atoms with van der Waals surface area (Å²) in [6.45, 7) is 3.64. The number of rotatable bonds is 5. The molecule has 0 bridgehead atoms. The fourth-order valence-corrected chi connectivity index (χ4v) is 3.81. The van der Waals surface area contributed by atoms with Crippen LogP contribution in [0.5, 0.6) is 0 Å². The predicted octanol–water partition coefficient (Wildman–Crippen LogP) is 2.98. The summed E-state index contributed by atoms with van der Waals surface area (Å²) >= 11 is 0. The molecule has 6 nitrogen and oxygen atoms in total. The van der Waals surface area contributed by atoms with Crippen molar-refractivity contribution in [1.82, 2.24) is 19.6 Å². The monoisotopic (exact) mass is 337 g/mol. The van der Waals surface area contributed by atoms with E-state index in [-0.39, 0.29) is 5.41 Å². The van der Waals surface area contributed by atoms with Crippen LogP contribution in [0, 0.1) is 0 Å². The molecule has 1 aromatic carbocycles. The minimum absolute atomic E-state index is 0.104. The number of ether oxygens (including phenoxy) is 1. The minimum atomic E-state index is 0.104. The molecular formula is C19H23N5O. The second kappa shape index (κ2) is 6.44. The van der Waals surface area contributed by atoms with Crippen molar-refractivity contribution in [2.45, 2.75) is 38.2 Å². The van der Waals surface area contributed by atoms with Crippen LogP contribution in [0.4, 0.5) is 5.82 Å². The van der Waals surface area contributed by atoms with Gasteiger partial charge in [-0.05, 0) is 30.4 Å². The van der Waals surface area contributed by atoms with E-state index in [2.05, 4.69) is 51.6 Å². The smallest absolute Gasteiger partial charge is 0.254 e. The topological polar surface area (TPSA) is 64.3 Å². The van der Waals surface area contributed by atoms with Crippen molar-refractivity contribution < 1.29 is 4.74 Å². The second-order valence-corrected chi connectivity index (χ2v) is 6.96. The van der Waals surface area contributed by atoms with E-state index in [9.17, 15) is 0 Å². The van der Waals surface area contributed by atoms with Crippen LogP contribution in [-0.2, 0) is 23.2 Å². The van der Waals surface area contributed by atoms with Gasteiger partial charge in [-0.25, -0.2) is 4.98 Å². The summed E-state index contributed by atoms with van der Waals surface area (Å²) in [6, 6.07) is 10.8. The van der Waals surface area contributed by atoms with Gasteiger partial charge in [-0.2, -0.15) is 14.6 Å². The highest BCUT2D eigenvalue weighted by molar-refractivity contribution is 5.46. The predicted molar refractivity (Wildman–Crippen MR) is 96.7 cm³/mol. The van der Waals surface area contributed by atoms with Crippen LogP contribution in [0.2, 0.25) is 0 Å². The molecule has 1 unspecified atom stereocenters. The molecule has 0 fully saturated rings. The molecule has 25 heavy (non-hydrogen) atoms. The minimum Gasteiger partial charge on any atom is -0.378 e. The lowest BCUT2D eigenvalue weighted by Crippen LogP contribution is -2.35. The molecular weight excluding hydrogens is 314 g/mol. The summed E-state index contributed by atoms with van der Waals surface area (Å²) < 4.78 is 6.97. The number of fused-ring (bicyclic) bond motifs is 2. The SMILES string of the molecule is COCc1cc(NCC2(C)CCCc3ccccc32)n2ncnc2n1. The molecule has 0 spiro atoms. The number of anilines is 1. The number of benzene rings is 1. The van der Waals surface area contributed by atoms with E-state index in [0.29, 0.717) is 12.4 Å². The van der Waals surface area contributed by atoms with Crippen molar-refractivity contribution >= 4 is 11.6 Å². The number of nitrogens with zero attached hydrogens (tertiary/aromatic N) is 4. The Kier molecular flexibility index (Phi) is 4.13. The van der Waals surface area contributed by atoms with Gasteiger partial charge in [0.2, 0.25) is 0 Å². The first-order chi connectivity index (χ1) is 12.2. The van der Waals surface area contributed by atoms with Crippen molar-refractivity contribution in [3.05, 3.63) is 53.5 Å². The first kappa shape index (κ1) is 16.0. The molecule has 2 aromatic heterocycles. The molecule has 1 aliphatic rings.